The maximum Gasteiger partial charge on any atom is 0.206 e. The summed E-state index contributed by atoms with van der Waals surface area (Å²) in [5.41, 5.74) is 8.39. The molecule has 0 amide bonds. The minimum Gasteiger partial charge on any atom is -0.341 e. The first kappa shape index (κ1) is 15.8. The molecule has 0 bridgehead atoms. The van der Waals surface area contributed by atoms with Gasteiger partial charge in [-0.2, -0.15) is 5.26 Å². The van der Waals surface area contributed by atoms with Crippen molar-refractivity contribution in [2.24, 2.45) is 5.73 Å². The van der Waals surface area contributed by atoms with Gasteiger partial charge < -0.3 is 15.2 Å². The van der Waals surface area contributed by atoms with E-state index in [2.05, 4.69) is 54.3 Å². The van der Waals surface area contributed by atoms with Gasteiger partial charge in [-0.1, -0.05) is 0 Å². The first-order valence-corrected chi connectivity index (χ1v) is 8.94. The van der Waals surface area contributed by atoms with Gasteiger partial charge >= 0.3 is 0 Å². The van der Waals surface area contributed by atoms with Crippen molar-refractivity contribution in [3.8, 4) is 6.07 Å². The van der Waals surface area contributed by atoms with Gasteiger partial charge in [-0.25, -0.2) is 4.98 Å². The summed E-state index contributed by atoms with van der Waals surface area (Å²) in [7, 11) is 0. The molecule has 0 spiro atoms. The van der Waals surface area contributed by atoms with E-state index in [1.165, 1.54) is 0 Å². The second-order valence-corrected chi connectivity index (χ2v) is 7.18. The summed E-state index contributed by atoms with van der Waals surface area (Å²) in [4.78, 5) is 7.01. The number of aromatic nitrogens is 2. The van der Waals surface area contributed by atoms with E-state index in [-0.39, 0.29) is 6.04 Å². The Balaban J connectivity index is 2.21. The average molecular weight is 427 g/mol. The Hall–Kier alpha value is -1.10. The van der Waals surface area contributed by atoms with Crippen molar-refractivity contribution in [2.75, 3.05) is 18.0 Å². The Labute approximate surface area is 146 Å². The van der Waals surface area contributed by atoms with Crippen molar-refractivity contribution in [3.63, 3.8) is 0 Å². The molecule has 116 valence electrons. The third-order valence-electron chi connectivity index (χ3n) is 4.08. The molecule has 1 fully saturated rings. The number of hydrogen-bond donors (Lipinski definition) is 1. The molecule has 1 aromatic heterocycles. The zero-order valence-electron chi connectivity index (χ0n) is 12.3. The molecular weight excluding hydrogens is 410 g/mol. The Morgan fingerprint density at radius 1 is 1.50 bits per heavy atom. The van der Waals surface area contributed by atoms with Crippen LogP contribution in [0.15, 0.2) is 15.0 Å². The van der Waals surface area contributed by atoms with Gasteiger partial charge in [0.05, 0.1) is 15.6 Å². The normalized spacial score (nSPS) is 18.7. The lowest BCUT2D eigenvalue weighted by atomic mass is 10.1. The summed E-state index contributed by atoms with van der Waals surface area (Å²) < 4.78 is 3.78. The van der Waals surface area contributed by atoms with Gasteiger partial charge in [0.25, 0.3) is 0 Å². The maximum absolute atomic E-state index is 9.48. The molecule has 2 aromatic rings. The molecule has 0 radical (unpaired) electrons. The lowest BCUT2D eigenvalue weighted by Crippen LogP contribution is -2.43. The van der Waals surface area contributed by atoms with Crippen LogP contribution in [-0.4, -0.2) is 28.7 Å². The molecule has 0 unspecified atom stereocenters. The lowest BCUT2D eigenvalue weighted by molar-refractivity contribution is 0.494. The van der Waals surface area contributed by atoms with Crippen molar-refractivity contribution in [2.45, 2.75) is 32.4 Å². The van der Waals surface area contributed by atoms with Crippen LogP contribution < -0.4 is 10.6 Å². The number of aryl methyl sites for hydroxylation is 1. The Morgan fingerprint density at radius 3 is 2.91 bits per heavy atom. The molecule has 0 aliphatic carbocycles. The van der Waals surface area contributed by atoms with Crippen LogP contribution in [0.4, 0.5) is 5.95 Å². The number of hydrogen-bond acceptors (Lipinski definition) is 4. The van der Waals surface area contributed by atoms with Crippen LogP contribution in [0, 0.1) is 11.3 Å². The van der Waals surface area contributed by atoms with Gasteiger partial charge in [-0.15, -0.1) is 0 Å². The third kappa shape index (κ3) is 2.53. The fourth-order valence-corrected chi connectivity index (χ4v) is 3.84. The summed E-state index contributed by atoms with van der Waals surface area (Å²) in [5, 5.41) is 9.48. The Kier molecular flexibility index (Phi) is 4.44. The van der Waals surface area contributed by atoms with Crippen LogP contribution in [0.1, 0.15) is 25.3 Å². The largest absolute Gasteiger partial charge is 0.341 e. The monoisotopic (exact) mass is 425 g/mol. The highest BCUT2D eigenvalue weighted by Gasteiger charge is 2.24. The topological polar surface area (TPSA) is 70.9 Å². The number of nitrogens with two attached hydrogens (primary N) is 1. The van der Waals surface area contributed by atoms with E-state index in [0.717, 1.165) is 58.4 Å². The molecule has 22 heavy (non-hydrogen) atoms. The highest BCUT2D eigenvalue weighted by atomic mass is 79.9. The molecule has 2 heterocycles. The Bertz CT molecular complexity index is 762. The van der Waals surface area contributed by atoms with E-state index in [1.807, 2.05) is 6.07 Å². The average Bonchev–Trinajstić information content (AvgIpc) is 2.86. The number of nitriles is 1. The maximum atomic E-state index is 9.48. The minimum atomic E-state index is 0.188. The van der Waals surface area contributed by atoms with Crippen molar-refractivity contribution < 1.29 is 0 Å². The quantitative estimate of drug-likeness (QED) is 0.798. The Morgan fingerprint density at radius 2 is 2.27 bits per heavy atom. The summed E-state index contributed by atoms with van der Waals surface area (Å²) in [6.07, 6.45) is 2.13. The predicted molar refractivity (Wildman–Crippen MR) is 94.9 cm³/mol. The van der Waals surface area contributed by atoms with Crippen molar-refractivity contribution in [1.82, 2.24) is 9.55 Å². The van der Waals surface area contributed by atoms with Crippen molar-refractivity contribution >= 4 is 48.8 Å². The van der Waals surface area contributed by atoms with Gasteiger partial charge in [0, 0.05) is 30.1 Å². The molecule has 2 N–H and O–H groups in total. The number of fused-ring (bicyclic) bond motifs is 1. The molecule has 1 aliphatic heterocycles. The number of benzene rings is 1. The van der Waals surface area contributed by atoms with Gasteiger partial charge in [-0.3, -0.25) is 0 Å². The molecule has 1 aromatic carbocycles. The minimum absolute atomic E-state index is 0.188. The number of imidazole rings is 1. The highest BCUT2D eigenvalue weighted by Crippen LogP contribution is 2.35. The van der Waals surface area contributed by atoms with Crippen LogP contribution in [0.25, 0.3) is 11.0 Å². The molecular formula is C15H17Br2N5. The molecule has 5 nitrogen and oxygen atoms in total. The lowest BCUT2D eigenvalue weighted by Gasteiger charge is -2.31. The SMILES string of the molecule is CCn1c(N2CCC[C@H](N)C2)nc2c(C#N)c(Br)c(Br)cc21. The van der Waals surface area contributed by atoms with E-state index in [4.69, 9.17) is 10.7 Å². The van der Waals surface area contributed by atoms with Crippen LogP contribution >= 0.6 is 31.9 Å². The summed E-state index contributed by atoms with van der Waals surface area (Å²) in [6, 6.07) is 4.47. The standard InChI is InChI=1S/C15H17Br2N5/c1-2-22-12-6-11(16)13(17)10(7-18)14(12)20-15(22)21-5-3-4-9(19)8-21/h6,9H,2-5,8,19H2,1H3/t9-/m0/s1. The van der Waals surface area contributed by atoms with Gasteiger partial charge in [0.15, 0.2) is 0 Å². The fourth-order valence-electron chi connectivity index (χ4n) is 3.04. The number of anilines is 1. The van der Waals surface area contributed by atoms with Crippen LogP contribution in [0.2, 0.25) is 0 Å². The zero-order chi connectivity index (χ0) is 15.9. The van der Waals surface area contributed by atoms with Crippen molar-refractivity contribution in [1.29, 1.82) is 5.26 Å². The molecule has 3 rings (SSSR count). The first-order valence-electron chi connectivity index (χ1n) is 7.35. The molecule has 1 saturated heterocycles. The van der Waals surface area contributed by atoms with Crippen molar-refractivity contribution in [3.05, 3.63) is 20.6 Å². The molecule has 1 aliphatic rings. The molecule has 7 heteroatoms. The first-order chi connectivity index (χ1) is 10.6. The summed E-state index contributed by atoms with van der Waals surface area (Å²) in [6.45, 7) is 4.67. The highest BCUT2D eigenvalue weighted by molar-refractivity contribution is 9.13. The van der Waals surface area contributed by atoms with E-state index in [9.17, 15) is 5.26 Å². The second-order valence-electron chi connectivity index (χ2n) is 5.53. The summed E-state index contributed by atoms with van der Waals surface area (Å²) >= 11 is 6.98. The van der Waals surface area contributed by atoms with Gasteiger partial charge in [0.1, 0.15) is 11.6 Å². The summed E-state index contributed by atoms with van der Waals surface area (Å²) in [5.74, 6) is 0.911. The number of nitrogens with zero attached hydrogens (tertiary/aromatic N) is 4. The number of halogens is 2. The second kappa shape index (κ2) is 6.19. The van der Waals surface area contributed by atoms with E-state index in [0.29, 0.717) is 5.56 Å². The number of rotatable bonds is 2. The van der Waals surface area contributed by atoms with E-state index < -0.39 is 0 Å². The zero-order valence-corrected chi connectivity index (χ0v) is 15.5. The van der Waals surface area contributed by atoms with Crippen LogP contribution in [0.5, 0.6) is 0 Å². The predicted octanol–water partition coefficient (Wildman–Crippen LogP) is 3.38. The van der Waals surface area contributed by atoms with Gasteiger partial charge in [-0.05, 0) is 57.7 Å². The molecule has 1 atom stereocenters. The molecule has 0 saturated carbocycles. The van der Waals surface area contributed by atoms with Crippen LogP contribution in [-0.2, 0) is 6.54 Å². The number of piperidine rings is 1. The third-order valence-corrected chi connectivity index (χ3v) is 6.07. The van der Waals surface area contributed by atoms with Gasteiger partial charge in [0.2, 0.25) is 5.95 Å². The van der Waals surface area contributed by atoms with E-state index >= 15 is 0 Å². The smallest absolute Gasteiger partial charge is 0.206 e. The van der Waals surface area contributed by atoms with E-state index in [1.54, 1.807) is 0 Å². The fraction of sp³-hybridized carbons (Fsp3) is 0.467. The van der Waals surface area contributed by atoms with Crippen LogP contribution in [0.3, 0.4) is 0 Å².